The Kier molecular flexibility index (Phi) is 2.07. The molecule has 2 aromatic rings. The van der Waals surface area contributed by atoms with Crippen LogP contribution in [0.4, 0.5) is 0 Å². The van der Waals surface area contributed by atoms with Crippen molar-refractivity contribution in [2.24, 2.45) is 0 Å². The lowest BCUT2D eigenvalue weighted by atomic mass is 10.1. The van der Waals surface area contributed by atoms with Gasteiger partial charge in [0.25, 0.3) is 0 Å². The van der Waals surface area contributed by atoms with Crippen LogP contribution in [0.1, 0.15) is 5.56 Å². The van der Waals surface area contributed by atoms with Gasteiger partial charge in [0.15, 0.2) is 0 Å². The van der Waals surface area contributed by atoms with E-state index in [1.165, 1.54) is 10.1 Å². The summed E-state index contributed by atoms with van der Waals surface area (Å²) in [7, 11) is 1.69. The van der Waals surface area contributed by atoms with Crippen LogP contribution >= 0.6 is 11.3 Å². The number of thiophene rings is 1. The SMILES string of the molecule is C=Cc1csc2cccc(OC)c12. The van der Waals surface area contributed by atoms with E-state index in [-0.39, 0.29) is 0 Å². The average Bonchev–Trinajstić information content (AvgIpc) is 2.60. The van der Waals surface area contributed by atoms with Crippen molar-refractivity contribution >= 4 is 27.5 Å². The zero-order valence-electron chi connectivity index (χ0n) is 7.41. The standard InChI is InChI=1S/C11H10OS/c1-3-8-7-13-10-6-4-5-9(12-2)11(8)10/h3-7H,1H2,2H3. The molecule has 0 fully saturated rings. The molecule has 0 saturated heterocycles. The summed E-state index contributed by atoms with van der Waals surface area (Å²) in [6.07, 6.45) is 1.86. The van der Waals surface area contributed by atoms with Crippen LogP contribution < -0.4 is 4.74 Å². The summed E-state index contributed by atoms with van der Waals surface area (Å²) in [5.74, 6) is 0.925. The molecule has 66 valence electrons. The smallest absolute Gasteiger partial charge is 0.128 e. The molecule has 2 rings (SSSR count). The van der Waals surface area contributed by atoms with Crippen LogP contribution in [0.3, 0.4) is 0 Å². The van der Waals surface area contributed by atoms with Crippen molar-refractivity contribution in [2.75, 3.05) is 7.11 Å². The minimum atomic E-state index is 0.925. The Bertz CT molecular complexity index is 442. The maximum atomic E-state index is 5.29. The average molecular weight is 190 g/mol. The van der Waals surface area contributed by atoms with Gasteiger partial charge in [0.05, 0.1) is 7.11 Å². The van der Waals surface area contributed by atoms with Gasteiger partial charge in [-0.3, -0.25) is 0 Å². The second kappa shape index (κ2) is 3.23. The number of rotatable bonds is 2. The Hall–Kier alpha value is -1.28. The Morgan fingerprint density at radius 1 is 1.46 bits per heavy atom. The number of hydrogen-bond donors (Lipinski definition) is 0. The van der Waals surface area contributed by atoms with Gasteiger partial charge in [-0.1, -0.05) is 18.7 Å². The summed E-state index contributed by atoms with van der Waals surface area (Å²) in [5.41, 5.74) is 1.15. The van der Waals surface area contributed by atoms with Crippen LogP contribution in [-0.2, 0) is 0 Å². The van der Waals surface area contributed by atoms with E-state index in [0.717, 1.165) is 11.3 Å². The fourth-order valence-corrected chi connectivity index (χ4v) is 2.36. The van der Waals surface area contributed by atoms with Gasteiger partial charge in [-0.05, 0) is 23.1 Å². The van der Waals surface area contributed by atoms with E-state index in [0.29, 0.717) is 0 Å². The highest BCUT2D eigenvalue weighted by Crippen LogP contribution is 2.33. The second-order valence-corrected chi connectivity index (χ2v) is 3.64. The molecule has 0 aliphatic rings. The largest absolute Gasteiger partial charge is 0.496 e. The lowest BCUT2D eigenvalue weighted by molar-refractivity contribution is 0.420. The molecule has 2 heteroatoms. The summed E-state index contributed by atoms with van der Waals surface area (Å²) in [4.78, 5) is 0. The van der Waals surface area contributed by atoms with Gasteiger partial charge in [-0.2, -0.15) is 0 Å². The van der Waals surface area contributed by atoms with Crippen LogP contribution in [0, 0.1) is 0 Å². The maximum absolute atomic E-state index is 5.29. The van der Waals surface area contributed by atoms with Crippen LogP contribution in [0.5, 0.6) is 5.75 Å². The summed E-state index contributed by atoms with van der Waals surface area (Å²) < 4.78 is 6.53. The number of ether oxygens (including phenoxy) is 1. The van der Waals surface area contributed by atoms with Crippen molar-refractivity contribution in [1.82, 2.24) is 0 Å². The predicted molar refractivity (Wildman–Crippen MR) is 58.5 cm³/mol. The van der Waals surface area contributed by atoms with Gasteiger partial charge >= 0.3 is 0 Å². The Morgan fingerprint density at radius 3 is 3.00 bits per heavy atom. The van der Waals surface area contributed by atoms with Gasteiger partial charge in [0.1, 0.15) is 5.75 Å². The van der Waals surface area contributed by atoms with Gasteiger partial charge in [0, 0.05) is 10.1 Å². The molecule has 0 bridgehead atoms. The van der Waals surface area contributed by atoms with Crippen molar-refractivity contribution < 1.29 is 4.74 Å². The first kappa shape index (κ1) is 8.32. The highest BCUT2D eigenvalue weighted by atomic mass is 32.1. The van der Waals surface area contributed by atoms with Crippen LogP contribution in [-0.4, -0.2) is 7.11 Å². The number of fused-ring (bicyclic) bond motifs is 1. The Labute approximate surface area is 81.3 Å². The monoisotopic (exact) mass is 190 g/mol. The molecule has 0 N–H and O–H groups in total. The quantitative estimate of drug-likeness (QED) is 0.703. The molecule has 13 heavy (non-hydrogen) atoms. The van der Waals surface area contributed by atoms with Crippen molar-refractivity contribution in [3.05, 3.63) is 35.7 Å². The maximum Gasteiger partial charge on any atom is 0.128 e. The van der Waals surface area contributed by atoms with Crippen molar-refractivity contribution in [3.63, 3.8) is 0 Å². The summed E-state index contributed by atoms with van der Waals surface area (Å²) in [6, 6.07) is 6.07. The highest BCUT2D eigenvalue weighted by molar-refractivity contribution is 7.17. The molecule has 1 heterocycles. The number of benzene rings is 1. The fraction of sp³-hybridized carbons (Fsp3) is 0.0909. The van der Waals surface area contributed by atoms with E-state index < -0.39 is 0 Å². The molecule has 1 aromatic heterocycles. The fourth-order valence-electron chi connectivity index (χ4n) is 1.40. The van der Waals surface area contributed by atoms with E-state index >= 15 is 0 Å². The van der Waals surface area contributed by atoms with Gasteiger partial charge in [0.2, 0.25) is 0 Å². The first-order valence-electron chi connectivity index (χ1n) is 4.03. The first-order chi connectivity index (χ1) is 6.36. The molecule has 1 nitrogen and oxygen atoms in total. The van der Waals surface area contributed by atoms with Crippen molar-refractivity contribution in [1.29, 1.82) is 0 Å². The summed E-state index contributed by atoms with van der Waals surface area (Å²) in [5, 5.41) is 3.27. The van der Waals surface area contributed by atoms with Crippen LogP contribution in [0.2, 0.25) is 0 Å². The molecule has 0 atom stereocenters. The zero-order valence-corrected chi connectivity index (χ0v) is 8.23. The zero-order chi connectivity index (χ0) is 9.26. The minimum Gasteiger partial charge on any atom is -0.496 e. The third kappa shape index (κ3) is 1.23. The molecule has 0 saturated carbocycles. The van der Waals surface area contributed by atoms with E-state index in [1.807, 2.05) is 18.2 Å². The second-order valence-electron chi connectivity index (χ2n) is 2.73. The molecule has 0 radical (unpaired) electrons. The molecular formula is C11H10OS. The van der Waals surface area contributed by atoms with Crippen molar-refractivity contribution in [2.45, 2.75) is 0 Å². The molecule has 0 amide bonds. The minimum absolute atomic E-state index is 0.925. The topological polar surface area (TPSA) is 9.23 Å². The lowest BCUT2D eigenvalue weighted by Crippen LogP contribution is -1.82. The lowest BCUT2D eigenvalue weighted by Gasteiger charge is -2.01. The highest BCUT2D eigenvalue weighted by Gasteiger charge is 2.05. The summed E-state index contributed by atoms with van der Waals surface area (Å²) >= 11 is 1.72. The molecular weight excluding hydrogens is 180 g/mol. The van der Waals surface area contributed by atoms with Crippen molar-refractivity contribution in [3.8, 4) is 5.75 Å². The van der Waals surface area contributed by atoms with E-state index in [9.17, 15) is 0 Å². The van der Waals surface area contributed by atoms with E-state index in [2.05, 4.69) is 18.0 Å². The number of hydrogen-bond acceptors (Lipinski definition) is 2. The first-order valence-corrected chi connectivity index (χ1v) is 4.91. The molecule has 0 spiro atoms. The Morgan fingerprint density at radius 2 is 2.31 bits per heavy atom. The third-order valence-corrected chi connectivity index (χ3v) is 3.00. The van der Waals surface area contributed by atoms with Gasteiger partial charge < -0.3 is 4.74 Å². The predicted octanol–water partition coefficient (Wildman–Crippen LogP) is 3.55. The summed E-state index contributed by atoms with van der Waals surface area (Å²) in [6.45, 7) is 3.78. The molecule has 1 aromatic carbocycles. The van der Waals surface area contributed by atoms with Gasteiger partial charge in [-0.25, -0.2) is 0 Å². The molecule has 0 unspecified atom stereocenters. The van der Waals surface area contributed by atoms with Crippen LogP contribution in [0.15, 0.2) is 30.2 Å². The number of methoxy groups -OCH3 is 1. The van der Waals surface area contributed by atoms with Gasteiger partial charge in [-0.15, -0.1) is 11.3 Å². The van der Waals surface area contributed by atoms with E-state index in [1.54, 1.807) is 18.4 Å². The third-order valence-electron chi connectivity index (χ3n) is 2.03. The Balaban J connectivity index is 2.83. The van der Waals surface area contributed by atoms with Crippen LogP contribution in [0.25, 0.3) is 16.2 Å². The molecule has 0 aliphatic carbocycles. The van der Waals surface area contributed by atoms with E-state index in [4.69, 9.17) is 4.74 Å². The normalized spacial score (nSPS) is 10.2. The molecule has 0 aliphatic heterocycles.